The number of rotatable bonds is 6. The van der Waals surface area contributed by atoms with Crippen molar-refractivity contribution in [1.82, 2.24) is 10.2 Å². The summed E-state index contributed by atoms with van der Waals surface area (Å²) in [5, 5.41) is 5.96. The van der Waals surface area contributed by atoms with Crippen LogP contribution in [0.15, 0.2) is 24.3 Å². The minimum absolute atomic E-state index is 0.00131. The molecular formula is C20H29N3O3. The highest BCUT2D eigenvalue weighted by Gasteiger charge is 2.42. The van der Waals surface area contributed by atoms with E-state index in [9.17, 15) is 9.59 Å². The van der Waals surface area contributed by atoms with Crippen molar-refractivity contribution in [3.05, 3.63) is 24.3 Å². The largest absolute Gasteiger partial charge is 0.484 e. The average molecular weight is 359 g/mol. The molecule has 0 heterocycles. The standard InChI is InChI=1S/C20H29N3O3/c1-13(18-11-14-4-5-15(18)10-14)21-20(25)22-16-6-8-17(9-7-16)26-12-19(24)23(2)3/h6-9,13-15,18H,4-5,10-12H2,1-3H3,(H2,21,22,25)/t13-,14-,15-,18+/m0/s1. The van der Waals surface area contributed by atoms with Gasteiger partial charge in [-0.2, -0.15) is 0 Å². The molecule has 6 heteroatoms. The molecule has 0 spiro atoms. The molecule has 142 valence electrons. The third-order valence-electron chi connectivity index (χ3n) is 5.77. The molecule has 2 fully saturated rings. The van der Waals surface area contributed by atoms with E-state index < -0.39 is 0 Å². The van der Waals surface area contributed by atoms with E-state index >= 15 is 0 Å². The Balaban J connectivity index is 1.44. The first kappa shape index (κ1) is 18.5. The van der Waals surface area contributed by atoms with Crippen LogP contribution in [0.2, 0.25) is 0 Å². The van der Waals surface area contributed by atoms with E-state index in [1.54, 1.807) is 38.4 Å². The molecule has 2 saturated carbocycles. The molecule has 2 bridgehead atoms. The predicted molar refractivity (Wildman–Crippen MR) is 101 cm³/mol. The van der Waals surface area contributed by atoms with Crippen molar-refractivity contribution >= 4 is 17.6 Å². The second-order valence-corrected chi connectivity index (χ2v) is 7.83. The first-order valence-corrected chi connectivity index (χ1v) is 9.43. The van der Waals surface area contributed by atoms with Crippen molar-refractivity contribution in [2.24, 2.45) is 17.8 Å². The third kappa shape index (κ3) is 4.48. The Labute approximate surface area is 155 Å². The zero-order valence-corrected chi connectivity index (χ0v) is 15.8. The Morgan fingerprint density at radius 2 is 1.92 bits per heavy atom. The lowest BCUT2D eigenvalue weighted by molar-refractivity contribution is -0.130. The predicted octanol–water partition coefficient (Wildman–Crippen LogP) is 3.10. The number of carbonyl (C=O) groups is 2. The highest BCUT2D eigenvalue weighted by molar-refractivity contribution is 5.89. The van der Waals surface area contributed by atoms with E-state index in [2.05, 4.69) is 17.6 Å². The fourth-order valence-electron chi connectivity index (χ4n) is 4.30. The van der Waals surface area contributed by atoms with Gasteiger partial charge in [-0.05, 0) is 68.2 Å². The van der Waals surface area contributed by atoms with Crippen LogP contribution in [0.25, 0.3) is 0 Å². The summed E-state index contributed by atoms with van der Waals surface area (Å²) in [5.74, 6) is 2.79. The Morgan fingerprint density at radius 3 is 2.50 bits per heavy atom. The molecule has 4 atom stereocenters. The highest BCUT2D eigenvalue weighted by atomic mass is 16.5. The maximum atomic E-state index is 12.3. The lowest BCUT2D eigenvalue weighted by Gasteiger charge is -2.28. The first-order valence-electron chi connectivity index (χ1n) is 9.43. The Kier molecular flexibility index (Phi) is 5.69. The molecule has 6 nitrogen and oxygen atoms in total. The van der Waals surface area contributed by atoms with Crippen molar-refractivity contribution < 1.29 is 14.3 Å². The second kappa shape index (κ2) is 7.98. The Bertz CT molecular complexity index is 644. The van der Waals surface area contributed by atoms with Crippen molar-refractivity contribution in [2.45, 2.75) is 38.6 Å². The van der Waals surface area contributed by atoms with Gasteiger partial charge in [-0.25, -0.2) is 4.79 Å². The van der Waals surface area contributed by atoms with Gasteiger partial charge in [-0.15, -0.1) is 0 Å². The van der Waals surface area contributed by atoms with Gasteiger partial charge in [0.25, 0.3) is 5.91 Å². The number of hydrogen-bond donors (Lipinski definition) is 2. The van der Waals surface area contributed by atoms with E-state index in [1.165, 1.54) is 30.6 Å². The van der Waals surface area contributed by atoms with Gasteiger partial charge in [-0.3, -0.25) is 4.79 Å². The molecule has 3 rings (SSSR count). The molecule has 0 aromatic heterocycles. The molecule has 1 aromatic rings. The number of amides is 3. The smallest absolute Gasteiger partial charge is 0.319 e. The van der Waals surface area contributed by atoms with Crippen molar-refractivity contribution in [3.8, 4) is 5.75 Å². The van der Waals surface area contributed by atoms with Crippen molar-refractivity contribution in [3.63, 3.8) is 0 Å². The highest BCUT2D eigenvalue weighted by Crippen LogP contribution is 2.49. The number of fused-ring (bicyclic) bond motifs is 2. The first-order chi connectivity index (χ1) is 12.4. The summed E-state index contributed by atoms with van der Waals surface area (Å²) in [6, 6.07) is 7.08. The molecule has 2 N–H and O–H groups in total. The van der Waals surface area contributed by atoms with Gasteiger partial charge in [0.2, 0.25) is 0 Å². The number of benzene rings is 1. The minimum atomic E-state index is -0.170. The molecule has 0 aliphatic heterocycles. The van der Waals surface area contributed by atoms with E-state index in [1.807, 2.05) is 0 Å². The van der Waals surface area contributed by atoms with Gasteiger partial charge in [0.1, 0.15) is 5.75 Å². The second-order valence-electron chi connectivity index (χ2n) is 7.83. The zero-order chi connectivity index (χ0) is 18.7. The molecule has 2 aliphatic rings. The normalized spacial score (nSPS) is 24.8. The minimum Gasteiger partial charge on any atom is -0.484 e. The fraction of sp³-hybridized carbons (Fsp3) is 0.600. The molecule has 26 heavy (non-hydrogen) atoms. The van der Waals surface area contributed by atoms with Gasteiger partial charge in [0, 0.05) is 25.8 Å². The molecule has 0 radical (unpaired) electrons. The van der Waals surface area contributed by atoms with E-state index in [-0.39, 0.29) is 24.6 Å². The number of hydrogen-bond acceptors (Lipinski definition) is 3. The summed E-state index contributed by atoms with van der Waals surface area (Å²) in [7, 11) is 3.38. The summed E-state index contributed by atoms with van der Waals surface area (Å²) in [6.45, 7) is 2.12. The Hall–Kier alpha value is -2.24. The summed E-state index contributed by atoms with van der Waals surface area (Å²) in [6.07, 6.45) is 5.29. The number of likely N-dealkylation sites (N-methyl/N-ethyl adjacent to an activating group) is 1. The van der Waals surface area contributed by atoms with Crippen LogP contribution in [0.1, 0.15) is 32.6 Å². The lowest BCUT2D eigenvalue weighted by atomic mass is 9.84. The molecule has 0 saturated heterocycles. The van der Waals surface area contributed by atoms with E-state index in [0.29, 0.717) is 17.4 Å². The van der Waals surface area contributed by atoms with Crippen LogP contribution in [0, 0.1) is 17.8 Å². The van der Waals surface area contributed by atoms with Crippen LogP contribution in [0.3, 0.4) is 0 Å². The monoisotopic (exact) mass is 359 g/mol. The van der Waals surface area contributed by atoms with Gasteiger partial charge in [0.15, 0.2) is 6.61 Å². The summed E-state index contributed by atoms with van der Waals surface area (Å²) < 4.78 is 5.43. The van der Waals surface area contributed by atoms with Crippen LogP contribution in [0.4, 0.5) is 10.5 Å². The van der Waals surface area contributed by atoms with Crippen LogP contribution >= 0.6 is 0 Å². The molecular weight excluding hydrogens is 330 g/mol. The molecule has 1 aromatic carbocycles. The number of carbonyl (C=O) groups excluding carboxylic acids is 2. The molecule has 0 unspecified atom stereocenters. The summed E-state index contributed by atoms with van der Waals surface area (Å²) in [5.41, 5.74) is 0.703. The fourth-order valence-corrected chi connectivity index (χ4v) is 4.30. The van der Waals surface area contributed by atoms with Crippen LogP contribution < -0.4 is 15.4 Å². The van der Waals surface area contributed by atoms with Crippen molar-refractivity contribution in [1.29, 1.82) is 0 Å². The number of anilines is 1. The SMILES string of the molecule is C[C@H](NC(=O)Nc1ccc(OCC(=O)N(C)C)cc1)[C@H]1C[C@H]2CC[C@H]1C2. The average Bonchev–Trinajstić information content (AvgIpc) is 3.24. The molecule has 3 amide bonds. The van der Waals surface area contributed by atoms with Gasteiger partial charge < -0.3 is 20.3 Å². The van der Waals surface area contributed by atoms with Gasteiger partial charge in [-0.1, -0.05) is 6.42 Å². The number of nitrogens with one attached hydrogen (secondary N) is 2. The topological polar surface area (TPSA) is 70.7 Å². The maximum absolute atomic E-state index is 12.3. The van der Waals surface area contributed by atoms with E-state index in [4.69, 9.17) is 4.74 Å². The quantitative estimate of drug-likeness (QED) is 0.820. The number of ether oxygens (including phenoxy) is 1. The lowest BCUT2D eigenvalue weighted by Crippen LogP contribution is -2.42. The van der Waals surface area contributed by atoms with Crippen LogP contribution in [-0.4, -0.2) is 43.6 Å². The van der Waals surface area contributed by atoms with Gasteiger partial charge >= 0.3 is 6.03 Å². The molecule has 2 aliphatic carbocycles. The number of nitrogens with zero attached hydrogens (tertiary/aromatic N) is 1. The van der Waals surface area contributed by atoms with Crippen LogP contribution in [-0.2, 0) is 4.79 Å². The summed E-state index contributed by atoms with van der Waals surface area (Å²) >= 11 is 0. The van der Waals surface area contributed by atoms with Crippen molar-refractivity contribution in [2.75, 3.05) is 26.0 Å². The van der Waals surface area contributed by atoms with Gasteiger partial charge in [0.05, 0.1) is 0 Å². The van der Waals surface area contributed by atoms with E-state index in [0.717, 1.165) is 11.8 Å². The number of urea groups is 1. The maximum Gasteiger partial charge on any atom is 0.319 e. The third-order valence-corrected chi connectivity index (χ3v) is 5.77. The summed E-state index contributed by atoms with van der Waals surface area (Å²) in [4.78, 5) is 25.3. The van der Waals surface area contributed by atoms with Crippen LogP contribution in [0.5, 0.6) is 5.75 Å². The Morgan fingerprint density at radius 1 is 1.19 bits per heavy atom. The zero-order valence-electron chi connectivity index (χ0n) is 15.8.